The fourth-order valence-corrected chi connectivity index (χ4v) is 5.33. The van der Waals surface area contributed by atoms with Crippen molar-refractivity contribution in [1.29, 1.82) is 0 Å². The predicted octanol–water partition coefficient (Wildman–Crippen LogP) is 3.78. The second-order valence-corrected chi connectivity index (χ2v) is 9.37. The summed E-state index contributed by atoms with van der Waals surface area (Å²) in [6.07, 6.45) is 6.30. The number of fused-ring (bicyclic) bond motifs is 1. The lowest BCUT2D eigenvalue weighted by Crippen LogP contribution is -2.49. The second kappa shape index (κ2) is 6.68. The highest BCUT2D eigenvalue weighted by Gasteiger charge is 2.48. The minimum atomic E-state index is -4.16. The van der Waals surface area contributed by atoms with E-state index in [0.29, 0.717) is 31.2 Å². The van der Waals surface area contributed by atoms with Crippen molar-refractivity contribution in [3.8, 4) is 0 Å². The third kappa shape index (κ3) is 3.56. The van der Waals surface area contributed by atoms with E-state index in [0.717, 1.165) is 32.1 Å². The van der Waals surface area contributed by atoms with Crippen LogP contribution >= 0.6 is 7.60 Å². The van der Waals surface area contributed by atoms with Crippen molar-refractivity contribution in [1.82, 2.24) is 5.32 Å². The zero-order valence-electron chi connectivity index (χ0n) is 13.9. The molecule has 3 rings (SSSR count). The molecule has 2 aliphatic rings. The lowest BCUT2D eigenvalue weighted by Gasteiger charge is -2.41. The summed E-state index contributed by atoms with van der Waals surface area (Å²) in [7, 11) is -4.16. The SMILES string of the molecule is CC1CCC(NC[C@@H]2CCCc3ccccc32)(P(=O)(O)O)CC1. The first-order chi connectivity index (χ1) is 10.9. The highest BCUT2D eigenvalue weighted by atomic mass is 31.2. The zero-order valence-corrected chi connectivity index (χ0v) is 14.8. The Balaban J connectivity index is 1.74. The first kappa shape index (κ1) is 17.2. The Hall–Kier alpha value is -0.670. The minimum Gasteiger partial charge on any atom is -0.323 e. The fourth-order valence-electron chi connectivity index (χ4n) is 4.19. The molecule has 128 valence electrons. The van der Waals surface area contributed by atoms with Crippen LogP contribution in [0, 0.1) is 5.92 Å². The number of hydrogen-bond acceptors (Lipinski definition) is 2. The van der Waals surface area contributed by atoms with Crippen LogP contribution in [0.1, 0.15) is 62.5 Å². The predicted molar refractivity (Wildman–Crippen MR) is 92.5 cm³/mol. The molecule has 0 amide bonds. The Kier molecular flexibility index (Phi) is 4.98. The number of rotatable bonds is 4. The summed E-state index contributed by atoms with van der Waals surface area (Å²) in [5.41, 5.74) is 2.75. The maximum absolute atomic E-state index is 12.2. The van der Waals surface area contributed by atoms with E-state index >= 15 is 0 Å². The summed E-state index contributed by atoms with van der Waals surface area (Å²) in [6, 6.07) is 8.50. The lowest BCUT2D eigenvalue weighted by molar-refractivity contribution is 0.214. The largest absolute Gasteiger partial charge is 0.345 e. The molecule has 0 spiro atoms. The number of nitrogens with one attached hydrogen (secondary N) is 1. The number of benzene rings is 1. The molecule has 1 atom stereocenters. The van der Waals surface area contributed by atoms with Crippen LogP contribution in [-0.2, 0) is 11.0 Å². The molecular formula is C18H28NO3P. The summed E-state index contributed by atoms with van der Waals surface area (Å²) in [6.45, 7) is 2.83. The Bertz CT molecular complexity index is 590. The van der Waals surface area contributed by atoms with Gasteiger partial charge in [-0.2, -0.15) is 0 Å². The highest BCUT2D eigenvalue weighted by Crippen LogP contribution is 2.56. The topological polar surface area (TPSA) is 69.6 Å². The average Bonchev–Trinajstić information content (AvgIpc) is 2.53. The van der Waals surface area contributed by atoms with Gasteiger partial charge in [-0.15, -0.1) is 0 Å². The van der Waals surface area contributed by atoms with Crippen LogP contribution in [0.4, 0.5) is 0 Å². The van der Waals surface area contributed by atoms with E-state index in [1.807, 2.05) is 0 Å². The van der Waals surface area contributed by atoms with Crippen molar-refractivity contribution in [3.63, 3.8) is 0 Å². The van der Waals surface area contributed by atoms with Crippen LogP contribution in [0.3, 0.4) is 0 Å². The maximum atomic E-state index is 12.2. The van der Waals surface area contributed by atoms with E-state index in [1.54, 1.807) is 0 Å². The normalized spacial score (nSPS) is 31.6. The molecule has 0 radical (unpaired) electrons. The molecule has 0 aromatic heterocycles. The van der Waals surface area contributed by atoms with Crippen LogP contribution in [0.25, 0.3) is 0 Å². The van der Waals surface area contributed by atoms with Crippen LogP contribution in [0.2, 0.25) is 0 Å². The van der Waals surface area contributed by atoms with Gasteiger partial charge in [-0.3, -0.25) is 4.57 Å². The van der Waals surface area contributed by atoms with Gasteiger partial charge in [-0.1, -0.05) is 31.2 Å². The van der Waals surface area contributed by atoms with E-state index in [9.17, 15) is 14.4 Å². The summed E-state index contributed by atoms with van der Waals surface area (Å²) < 4.78 is 12.2. The zero-order chi connectivity index (χ0) is 16.5. The highest BCUT2D eigenvalue weighted by molar-refractivity contribution is 7.53. The van der Waals surface area contributed by atoms with Gasteiger partial charge < -0.3 is 15.1 Å². The first-order valence-corrected chi connectivity index (χ1v) is 10.4. The van der Waals surface area contributed by atoms with Gasteiger partial charge in [-0.05, 0) is 67.9 Å². The molecule has 5 heteroatoms. The monoisotopic (exact) mass is 337 g/mol. The van der Waals surface area contributed by atoms with Gasteiger partial charge in [0.25, 0.3) is 0 Å². The molecule has 1 fully saturated rings. The van der Waals surface area contributed by atoms with Crippen molar-refractivity contribution in [2.75, 3.05) is 6.54 Å². The molecular weight excluding hydrogens is 309 g/mol. The van der Waals surface area contributed by atoms with Gasteiger partial charge >= 0.3 is 7.60 Å². The van der Waals surface area contributed by atoms with Gasteiger partial charge in [0.1, 0.15) is 5.28 Å². The molecule has 0 heterocycles. The molecule has 2 aliphatic carbocycles. The Morgan fingerprint density at radius 1 is 1.22 bits per heavy atom. The Morgan fingerprint density at radius 2 is 1.91 bits per heavy atom. The van der Waals surface area contributed by atoms with E-state index in [2.05, 4.69) is 36.5 Å². The Morgan fingerprint density at radius 3 is 2.61 bits per heavy atom. The summed E-state index contributed by atoms with van der Waals surface area (Å²) >= 11 is 0. The molecule has 0 unspecified atom stereocenters. The second-order valence-electron chi connectivity index (χ2n) is 7.43. The maximum Gasteiger partial charge on any atom is 0.345 e. The van der Waals surface area contributed by atoms with Crippen molar-refractivity contribution in [2.24, 2.45) is 5.92 Å². The number of hydrogen-bond donors (Lipinski definition) is 3. The lowest BCUT2D eigenvalue weighted by atomic mass is 9.82. The van der Waals surface area contributed by atoms with Crippen molar-refractivity contribution in [3.05, 3.63) is 35.4 Å². The van der Waals surface area contributed by atoms with Crippen LogP contribution < -0.4 is 5.32 Å². The molecule has 0 bridgehead atoms. The molecule has 0 saturated heterocycles. The van der Waals surface area contributed by atoms with Gasteiger partial charge in [0.05, 0.1) is 0 Å². The average molecular weight is 337 g/mol. The number of aryl methyl sites for hydroxylation is 1. The van der Waals surface area contributed by atoms with Gasteiger partial charge in [0.2, 0.25) is 0 Å². The van der Waals surface area contributed by atoms with Crippen LogP contribution in [0.15, 0.2) is 24.3 Å². The first-order valence-electron chi connectivity index (χ1n) is 8.80. The molecule has 0 aliphatic heterocycles. The van der Waals surface area contributed by atoms with Gasteiger partial charge in [-0.25, -0.2) is 0 Å². The van der Waals surface area contributed by atoms with Crippen LogP contribution in [-0.4, -0.2) is 21.6 Å². The summed E-state index contributed by atoms with van der Waals surface area (Å²) in [5, 5.41) is 2.34. The van der Waals surface area contributed by atoms with E-state index in [1.165, 1.54) is 11.1 Å². The standard InChI is InChI=1S/C18H28NO3P/c1-14-9-11-18(12-10-14,23(20,21)22)19-13-16-7-4-6-15-5-2-3-8-17(15)16/h2-3,5,8,14,16,19H,4,6-7,9-13H2,1H3,(H2,20,21,22)/t14?,16-,18?/m0/s1. The minimum absolute atomic E-state index is 0.364. The molecule has 1 aromatic carbocycles. The summed E-state index contributed by atoms with van der Waals surface area (Å²) in [5.74, 6) is 0.926. The molecule has 3 N–H and O–H groups in total. The van der Waals surface area contributed by atoms with Crippen LogP contribution in [0.5, 0.6) is 0 Å². The van der Waals surface area contributed by atoms with Crippen molar-refractivity contribution in [2.45, 2.75) is 63.1 Å². The molecule has 4 nitrogen and oxygen atoms in total. The van der Waals surface area contributed by atoms with E-state index in [4.69, 9.17) is 0 Å². The van der Waals surface area contributed by atoms with Gasteiger partial charge in [0.15, 0.2) is 0 Å². The Labute approximate surface area is 138 Å². The molecule has 23 heavy (non-hydrogen) atoms. The van der Waals surface area contributed by atoms with E-state index < -0.39 is 12.9 Å². The molecule has 1 aromatic rings. The molecule has 1 saturated carbocycles. The van der Waals surface area contributed by atoms with Crippen molar-refractivity contribution >= 4 is 7.60 Å². The smallest absolute Gasteiger partial charge is 0.323 e. The fraction of sp³-hybridized carbons (Fsp3) is 0.667. The van der Waals surface area contributed by atoms with Gasteiger partial charge in [0, 0.05) is 6.54 Å². The third-order valence-electron chi connectivity index (χ3n) is 5.83. The third-order valence-corrected chi connectivity index (χ3v) is 7.55. The van der Waals surface area contributed by atoms with Crippen molar-refractivity contribution < 1.29 is 14.4 Å². The summed E-state index contributed by atoms with van der Waals surface area (Å²) in [4.78, 5) is 19.9. The van der Waals surface area contributed by atoms with E-state index in [-0.39, 0.29) is 0 Å². The quantitative estimate of drug-likeness (QED) is 0.731.